The van der Waals surface area contributed by atoms with Gasteiger partial charge in [-0.05, 0) is 38.5 Å². The molecule has 0 saturated heterocycles. The Balaban J connectivity index is 2.95. The zero-order valence-corrected chi connectivity index (χ0v) is 10.5. The van der Waals surface area contributed by atoms with E-state index >= 15 is 0 Å². The molecule has 6 heteroatoms. The molecular weight excluding hydrogens is 237 g/mol. The minimum atomic E-state index is -1.23. The number of hydrogen-bond acceptors (Lipinski definition) is 3. The van der Waals surface area contributed by atoms with Crippen LogP contribution in [0.1, 0.15) is 19.4 Å². The molecule has 0 heterocycles. The molecule has 0 atom stereocenters. The topological polar surface area (TPSA) is 87.7 Å². The number of amidine groups is 1. The van der Waals surface area contributed by atoms with Gasteiger partial charge in [0.2, 0.25) is 5.91 Å². The number of halogens is 1. The van der Waals surface area contributed by atoms with Crippen LogP contribution < -0.4 is 11.1 Å². The first kappa shape index (κ1) is 14.0. The van der Waals surface area contributed by atoms with Crippen LogP contribution in [-0.2, 0) is 4.79 Å². The van der Waals surface area contributed by atoms with Crippen LogP contribution in [0.25, 0.3) is 0 Å². The van der Waals surface area contributed by atoms with E-state index in [1.165, 1.54) is 26.0 Å². The quantitative estimate of drug-likeness (QED) is 0.332. The molecule has 1 aromatic carbocycles. The van der Waals surface area contributed by atoms with Gasteiger partial charge in [-0.25, -0.2) is 4.39 Å². The summed E-state index contributed by atoms with van der Waals surface area (Å²) in [5.74, 6) is -1.33. The number of nitrogens with one attached hydrogen (secondary N) is 1. The third-order valence-electron chi connectivity index (χ3n) is 2.69. The maximum Gasteiger partial charge on any atom is 0.237 e. The Morgan fingerprint density at radius 2 is 2.11 bits per heavy atom. The van der Waals surface area contributed by atoms with Crippen molar-refractivity contribution in [2.75, 3.05) is 5.32 Å². The molecule has 4 N–H and O–H groups in total. The molecule has 0 aliphatic carbocycles. The van der Waals surface area contributed by atoms with E-state index in [9.17, 15) is 9.18 Å². The second-order valence-corrected chi connectivity index (χ2v) is 4.55. The summed E-state index contributed by atoms with van der Waals surface area (Å²) in [4.78, 5) is 11.9. The van der Waals surface area contributed by atoms with Gasteiger partial charge in [-0.2, -0.15) is 0 Å². The maximum absolute atomic E-state index is 13.6. The number of hydrogen-bond donors (Lipinski definition) is 3. The predicted octanol–water partition coefficient (Wildman–Crippen LogP) is 1.85. The lowest BCUT2D eigenvalue weighted by Gasteiger charge is -2.21. The highest BCUT2D eigenvalue weighted by Gasteiger charge is 2.33. The van der Waals surface area contributed by atoms with Crippen molar-refractivity contribution in [3.63, 3.8) is 0 Å². The molecule has 0 radical (unpaired) electrons. The van der Waals surface area contributed by atoms with E-state index in [-0.39, 0.29) is 11.5 Å². The van der Waals surface area contributed by atoms with Crippen LogP contribution in [0.15, 0.2) is 23.4 Å². The van der Waals surface area contributed by atoms with Gasteiger partial charge in [-0.15, -0.1) is 0 Å². The molecule has 0 spiro atoms. The Bertz CT molecular complexity index is 498. The third-order valence-corrected chi connectivity index (χ3v) is 2.69. The number of rotatable bonds is 3. The molecule has 0 aliphatic rings. The van der Waals surface area contributed by atoms with Crippen molar-refractivity contribution in [2.45, 2.75) is 20.8 Å². The summed E-state index contributed by atoms with van der Waals surface area (Å²) in [5, 5.41) is 13.8. The number of oxime groups is 1. The van der Waals surface area contributed by atoms with Crippen LogP contribution in [0.5, 0.6) is 0 Å². The zero-order valence-electron chi connectivity index (χ0n) is 10.5. The van der Waals surface area contributed by atoms with Gasteiger partial charge < -0.3 is 16.3 Å². The van der Waals surface area contributed by atoms with E-state index in [0.29, 0.717) is 0 Å². The molecule has 0 fully saturated rings. The van der Waals surface area contributed by atoms with E-state index in [1.807, 2.05) is 0 Å². The van der Waals surface area contributed by atoms with Crippen molar-refractivity contribution < 1.29 is 14.4 Å². The Kier molecular flexibility index (Phi) is 3.90. The van der Waals surface area contributed by atoms with E-state index in [4.69, 9.17) is 10.9 Å². The van der Waals surface area contributed by atoms with Gasteiger partial charge in [-0.1, -0.05) is 11.2 Å². The number of nitrogens with two attached hydrogens (primary N) is 1. The molecule has 1 rings (SSSR count). The molecule has 1 aromatic rings. The Morgan fingerprint density at radius 1 is 1.50 bits per heavy atom. The second kappa shape index (κ2) is 5.03. The lowest BCUT2D eigenvalue weighted by atomic mass is 9.91. The molecule has 98 valence electrons. The van der Waals surface area contributed by atoms with Gasteiger partial charge in [0, 0.05) is 0 Å². The summed E-state index contributed by atoms with van der Waals surface area (Å²) >= 11 is 0. The largest absolute Gasteiger partial charge is 0.409 e. The van der Waals surface area contributed by atoms with Crippen LogP contribution in [0.2, 0.25) is 0 Å². The third kappa shape index (κ3) is 2.77. The fourth-order valence-electron chi connectivity index (χ4n) is 1.24. The normalized spacial score (nSPS) is 12.3. The van der Waals surface area contributed by atoms with Crippen molar-refractivity contribution in [3.8, 4) is 0 Å². The molecule has 0 aliphatic heterocycles. The highest BCUT2D eigenvalue weighted by Crippen LogP contribution is 2.21. The van der Waals surface area contributed by atoms with E-state index in [2.05, 4.69) is 10.5 Å². The summed E-state index contributed by atoms with van der Waals surface area (Å²) in [5.41, 5.74) is 4.99. The predicted molar refractivity (Wildman–Crippen MR) is 67.0 cm³/mol. The smallest absolute Gasteiger partial charge is 0.237 e. The van der Waals surface area contributed by atoms with E-state index < -0.39 is 17.1 Å². The molecule has 1 amide bonds. The van der Waals surface area contributed by atoms with Crippen LogP contribution in [-0.4, -0.2) is 17.0 Å². The number of carbonyl (C=O) groups is 1. The number of anilines is 1. The summed E-state index contributed by atoms with van der Waals surface area (Å²) in [6, 6.07) is 4.45. The minimum absolute atomic E-state index is 0.0596. The Hall–Kier alpha value is -2.11. The fourth-order valence-corrected chi connectivity index (χ4v) is 1.24. The molecule has 18 heavy (non-hydrogen) atoms. The molecular formula is C12H16FN3O2. The van der Waals surface area contributed by atoms with Gasteiger partial charge >= 0.3 is 0 Å². The zero-order chi connectivity index (χ0) is 13.9. The van der Waals surface area contributed by atoms with Crippen molar-refractivity contribution in [2.24, 2.45) is 16.3 Å². The number of nitrogens with zero attached hydrogens (tertiary/aromatic N) is 1. The first-order valence-corrected chi connectivity index (χ1v) is 5.34. The average Bonchev–Trinajstić information content (AvgIpc) is 2.31. The van der Waals surface area contributed by atoms with Crippen LogP contribution in [0.4, 0.5) is 10.1 Å². The standard InChI is InChI=1S/C12H16FN3O2/c1-7-4-5-9(8(13)6-7)15-11(17)12(2,3)10(14)16-18/h4-6,18H,1-3H3,(H2,14,16)(H,15,17). The van der Waals surface area contributed by atoms with Crippen molar-refractivity contribution >= 4 is 17.4 Å². The Morgan fingerprint density at radius 3 is 2.61 bits per heavy atom. The number of aryl methyl sites for hydroxylation is 1. The van der Waals surface area contributed by atoms with Crippen molar-refractivity contribution in [1.82, 2.24) is 0 Å². The summed E-state index contributed by atoms with van der Waals surface area (Å²) in [6.45, 7) is 4.70. The molecule has 0 bridgehead atoms. The minimum Gasteiger partial charge on any atom is -0.409 e. The monoisotopic (exact) mass is 253 g/mol. The summed E-state index contributed by atoms with van der Waals surface area (Å²) < 4.78 is 13.6. The first-order chi connectivity index (χ1) is 8.28. The number of amides is 1. The van der Waals surface area contributed by atoms with E-state index in [0.717, 1.165) is 5.56 Å². The van der Waals surface area contributed by atoms with Gasteiger partial charge in [0.15, 0.2) is 5.84 Å². The highest BCUT2D eigenvalue weighted by molar-refractivity contribution is 6.11. The second-order valence-electron chi connectivity index (χ2n) is 4.55. The van der Waals surface area contributed by atoms with Crippen LogP contribution >= 0.6 is 0 Å². The van der Waals surface area contributed by atoms with Crippen molar-refractivity contribution in [3.05, 3.63) is 29.6 Å². The molecule has 0 saturated carbocycles. The van der Waals surface area contributed by atoms with Crippen molar-refractivity contribution in [1.29, 1.82) is 0 Å². The van der Waals surface area contributed by atoms with Gasteiger partial charge in [0.05, 0.1) is 5.69 Å². The number of carbonyl (C=O) groups excluding carboxylic acids is 1. The molecule has 5 nitrogen and oxygen atoms in total. The summed E-state index contributed by atoms with van der Waals surface area (Å²) in [7, 11) is 0. The maximum atomic E-state index is 13.6. The van der Waals surface area contributed by atoms with Crippen LogP contribution in [0.3, 0.4) is 0 Å². The molecule has 0 aromatic heterocycles. The first-order valence-electron chi connectivity index (χ1n) is 5.34. The fraction of sp³-hybridized carbons (Fsp3) is 0.333. The average molecular weight is 253 g/mol. The van der Waals surface area contributed by atoms with Crippen LogP contribution in [0, 0.1) is 18.2 Å². The lowest BCUT2D eigenvalue weighted by molar-refractivity contribution is -0.121. The van der Waals surface area contributed by atoms with Gasteiger partial charge in [0.25, 0.3) is 0 Å². The SMILES string of the molecule is Cc1ccc(NC(=O)C(C)(C)C(N)=NO)c(F)c1. The van der Waals surface area contributed by atoms with Gasteiger partial charge in [0.1, 0.15) is 11.2 Å². The van der Waals surface area contributed by atoms with E-state index in [1.54, 1.807) is 13.0 Å². The summed E-state index contributed by atoms with van der Waals surface area (Å²) in [6.07, 6.45) is 0. The Labute approximate surface area is 104 Å². The highest BCUT2D eigenvalue weighted by atomic mass is 19.1. The number of benzene rings is 1. The molecule has 0 unspecified atom stereocenters. The lowest BCUT2D eigenvalue weighted by Crippen LogP contribution is -2.42. The van der Waals surface area contributed by atoms with Gasteiger partial charge in [-0.3, -0.25) is 4.79 Å².